The number of nitrogens with one attached hydrogen (secondary N) is 3. The minimum Gasteiger partial charge on any atom is -0.455 e. The van der Waals surface area contributed by atoms with Crippen LogP contribution in [0.15, 0.2) is 93.7 Å². The van der Waals surface area contributed by atoms with Crippen molar-refractivity contribution in [3.63, 3.8) is 0 Å². The zero-order valence-electron chi connectivity index (χ0n) is 38.9. The number of pyridine rings is 2. The predicted molar refractivity (Wildman–Crippen MR) is 266 cm³/mol. The van der Waals surface area contributed by atoms with Gasteiger partial charge in [0.25, 0.3) is 15.9 Å². The molecule has 3 N–H and O–H groups in total. The van der Waals surface area contributed by atoms with Gasteiger partial charge < -0.3 is 24.7 Å². The number of likely N-dealkylation sites (tertiary alicyclic amines) is 1. The monoisotopic (exact) mass is 975 g/mol. The Morgan fingerprint density at radius 3 is 2.46 bits per heavy atom. The van der Waals surface area contributed by atoms with Crippen molar-refractivity contribution in [3.05, 3.63) is 101 Å². The molecule has 1 spiro atoms. The van der Waals surface area contributed by atoms with Crippen LogP contribution in [0.1, 0.15) is 110 Å². The molecule has 2 aromatic carbocycles. The molecule has 3 aromatic heterocycles. The van der Waals surface area contributed by atoms with E-state index in [1.54, 1.807) is 29.6 Å². The maximum Gasteiger partial charge on any atom is 0.268 e. The first-order chi connectivity index (χ1) is 33.5. The number of hydrogen-bond acceptors (Lipinski definition) is 14. The van der Waals surface area contributed by atoms with Crippen LogP contribution < -0.4 is 19.7 Å². The number of H-pyrrole nitrogens is 1. The zero-order valence-corrected chi connectivity index (χ0v) is 40.5. The molecule has 5 aromatic rings. The molecule has 0 radical (unpaired) electrons. The molecular formula is C51H61N9O7S2. The molecule has 1 amide bonds. The molecule has 18 heteroatoms. The Bertz CT molecular complexity index is 2950. The lowest BCUT2D eigenvalue weighted by molar-refractivity contribution is -0.0227. The van der Waals surface area contributed by atoms with Crippen LogP contribution in [-0.4, -0.2) is 101 Å². The Hall–Kier alpha value is -5.43. The molecule has 364 valence electrons. The highest BCUT2D eigenvalue weighted by Crippen LogP contribution is 2.55. The number of aromatic nitrogens is 3. The van der Waals surface area contributed by atoms with Crippen molar-refractivity contribution in [1.82, 2.24) is 24.6 Å². The maximum atomic E-state index is 14.0. The van der Waals surface area contributed by atoms with Gasteiger partial charge in [-0.05, 0) is 147 Å². The van der Waals surface area contributed by atoms with E-state index in [9.17, 15) is 22.3 Å². The topological polar surface area (TPSA) is 201 Å². The minimum absolute atomic E-state index is 0.0114. The second-order valence-electron chi connectivity index (χ2n) is 20.2. The molecule has 69 heavy (non-hydrogen) atoms. The summed E-state index contributed by atoms with van der Waals surface area (Å²) in [5, 5.41) is 7.07. The number of fused-ring (bicyclic) bond motifs is 1. The fourth-order valence-electron chi connectivity index (χ4n) is 11.7. The normalized spacial score (nSPS) is 23.9. The van der Waals surface area contributed by atoms with Crippen LogP contribution in [0.25, 0.3) is 11.0 Å². The van der Waals surface area contributed by atoms with Gasteiger partial charge in [0, 0.05) is 61.3 Å². The summed E-state index contributed by atoms with van der Waals surface area (Å²) in [5.41, 5.74) is 4.85. The largest absolute Gasteiger partial charge is 0.455 e. The van der Waals surface area contributed by atoms with Crippen molar-refractivity contribution < 1.29 is 26.9 Å². The molecule has 16 nitrogen and oxygen atoms in total. The summed E-state index contributed by atoms with van der Waals surface area (Å²) < 4.78 is 59.3. The fraction of sp³-hybridized carbons (Fsp3) is 0.510. The third-order valence-electron chi connectivity index (χ3n) is 15.8. The first-order valence-corrected chi connectivity index (χ1v) is 28.1. The van der Waals surface area contributed by atoms with Gasteiger partial charge in [-0.15, -0.1) is 4.91 Å². The van der Waals surface area contributed by atoms with Crippen LogP contribution in [0.3, 0.4) is 0 Å². The van der Waals surface area contributed by atoms with Crippen LogP contribution >= 0.6 is 0 Å². The van der Waals surface area contributed by atoms with Crippen LogP contribution in [-0.2, 0) is 24.5 Å². The number of amides is 1. The lowest BCUT2D eigenvalue weighted by Crippen LogP contribution is -2.54. The number of nitrogens with zero attached hydrogens (tertiary/aromatic N) is 6. The van der Waals surface area contributed by atoms with E-state index in [0.29, 0.717) is 60.2 Å². The Balaban J connectivity index is 0.747. The van der Waals surface area contributed by atoms with E-state index >= 15 is 0 Å². The summed E-state index contributed by atoms with van der Waals surface area (Å²) >= 11 is 0. The molecule has 6 fully saturated rings. The third-order valence-corrected chi connectivity index (χ3v) is 19.4. The number of piperidine rings is 1. The van der Waals surface area contributed by atoms with E-state index in [2.05, 4.69) is 64.2 Å². The third kappa shape index (κ3) is 9.86. The second kappa shape index (κ2) is 19.1. The number of aromatic amines is 1. The first-order valence-electron chi connectivity index (χ1n) is 24.8. The number of hydrogen-bond donors (Lipinski definition) is 3. The molecule has 11 rings (SSSR count). The average molecular weight is 976 g/mol. The molecular weight excluding hydrogens is 915 g/mol. The summed E-state index contributed by atoms with van der Waals surface area (Å²) in [6, 6.07) is 20.4. The van der Waals surface area contributed by atoms with Gasteiger partial charge in [0.05, 0.1) is 52.3 Å². The highest BCUT2D eigenvalue weighted by molar-refractivity contribution is 7.93. The standard InChI is InChI=1S/C51H61N9O7S2/c61-50(58-69(64,65)41-28-45(56-62)49(55-33-41)53-31-34-7-11-37(12-8-34)57-68(63)24-22-66-23-25-68)44-14-13-38(27-47(44)67-40-26-36-15-18-52-48(36)54-32-40)59-20-16-51(17-21-59)29-39(30-51)60-19-3-6-46(60)43-5-2-1-4-42(43)35-9-10-35/h1-2,4-5,13-15,18,26-28,32-35,37,39,46H,3,6-12,16-17,19-25,29-31H2,(H,52,54)(H,53,55)(H,58,61)/t34?,37?,46-/m1/s1. The number of ether oxygens (including phenoxy) is 2. The molecule has 1 atom stereocenters. The van der Waals surface area contributed by atoms with Crippen molar-refractivity contribution in [3.8, 4) is 11.5 Å². The van der Waals surface area contributed by atoms with Crippen molar-refractivity contribution in [2.75, 3.05) is 61.1 Å². The number of sulfonamides is 1. The van der Waals surface area contributed by atoms with Gasteiger partial charge in [0.15, 0.2) is 11.5 Å². The van der Waals surface area contributed by atoms with E-state index in [-0.39, 0.29) is 39.7 Å². The highest BCUT2D eigenvalue weighted by atomic mass is 32.2. The van der Waals surface area contributed by atoms with Crippen molar-refractivity contribution in [2.45, 2.75) is 106 Å². The molecule has 6 aliphatic rings. The quantitative estimate of drug-likeness (QED) is 0.0893. The summed E-state index contributed by atoms with van der Waals surface area (Å²) in [4.78, 5) is 42.6. The SMILES string of the molecule is O=Nc1cc(S(=O)(=O)NC(=O)c2ccc(N3CCC4(CC3)CC(N3CCC[C@@H]3c3ccccc3C3CC3)C4)cc2Oc2cnc3[nH]ccc3c2)cnc1NCC1CCC(N=S2(=O)CCOCC2)CC1. The predicted octanol–water partition coefficient (Wildman–Crippen LogP) is 9.20. The number of nitroso groups, excluding NO2 is 1. The van der Waals surface area contributed by atoms with Gasteiger partial charge in [0.2, 0.25) is 0 Å². The molecule has 3 saturated heterocycles. The smallest absolute Gasteiger partial charge is 0.268 e. The lowest BCUT2D eigenvalue weighted by Gasteiger charge is -2.56. The van der Waals surface area contributed by atoms with Crippen LogP contribution in [0.4, 0.5) is 17.2 Å². The van der Waals surface area contributed by atoms with Crippen LogP contribution in [0.5, 0.6) is 11.5 Å². The summed E-state index contributed by atoms with van der Waals surface area (Å²) in [5.74, 6) is 1.79. The summed E-state index contributed by atoms with van der Waals surface area (Å²) in [6.07, 6.45) is 17.5. The number of rotatable bonds is 14. The van der Waals surface area contributed by atoms with E-state index in [4.69, 9.17) is 13.8 Å². The highest BCUT2D eigenvalue weighted by Gasteiger charge is 2.50. The molecule has 0 unspecified atom stereocenters. The number of anilines is 2. The van der Waals surface area contributed by atoms with Gasteiger partial charge >= 0.3 is 0 Å². The molecule has 6 heterocycles. The van der Waals surface area contributed by atoms with Gasteiger partial charge in [-0.2, -0.15) is 0 Å². The first kappa shape index (κ1) is 46.0. The summed E-state index contributed by atoms with van der Waals surface area (Å²) in [7, 11) is -6.73. The van der Waals surface area contributed by atoms with E-state index < -0.39 is 25.7 Å². The maximum absolute atomic E-state index is 14.0. The Labute approximate surface area is 403 Å². The van der Waals surface area contributed by atoms with Gasteiger partial charge in [-0.3, -0.25) is 9.69 Å². The van der Waals surface area contributed by atoms with Gasteiger partial charge in [-0.25, -0.2) is 31.7 Å². The average Bonchev–Trinajstić information content (AvgIpc) is 3.90. The second-order valence-corrected chi connectivity index (χ2v) is 24.5. The van der Waals surface area contributed by atoms with E-state index in [1.165, 1.54) is 45.1 Å². The lowest BCUT2D eigenvalue weighted by atomic mass is 9.59. The molecule has 3 aliphatic heterocycles. The van der Waals surface area contributed by atoms with Crippen molar-refractivity contribution in [1.29, 1.82) is 0 Å². The number of carbonyl (C=O) groups is 1. The van der Waals surface area contributed by atoms with Crippen molar-refractivity contribution in [2.24, 2.45) is 20.9 Å². The van der Waals surface area contributed by atoms with Gasteiger partial charge in [0.1, 0.15) is 22.0 Å². The minimum atomic E-state index is -4.52. The fourth-order valence-corrected chi connectivity index (χ4v) is 14.6. The van der Waals surface area contributed by atoms with Crippen LogP contribution in [0, 0.1) is 16.2 Å². The Morgan fingerprint density at radius 1 is 0.913 bits per heavy atom. The molecule has 3 saturated carbocycles. The number of benzene rings is 2. The Morgan fingerprint density at radius 2 is 1.70 bits per heavy atom. The van der Waals surface area contributed by atoms with E-state index in [1.807, 2.05) is 24.3 Å². The number of carbonyl (C=O) groups excluding carboxylic acids is 1. The van der Waals surface area contributed by atoms with Crippen LogP contribution in [0.2, 0.25) is 0 Å². The molecule has 3 aliphatic carbocycles. The summed E-state index contributed by atoms with van der Waals surface area (Å²) in [6.45, 7) is 4.36. The van der Waals surface area contributed by atoms with Crippen molar-refractivity contribution >= 4 is 53.9 Å². The zero-order chi connectivity index (χ0) is 47.2. The Kier molecular flexibility index (Phi) is 12.7. The molecule has 0 bridgehead atoms. The van der Waals surface area contributed by atoms with Gasteiger partial charge in [-0.1, -0.05) is 24.3 Å². The van der Waals surface area contributed by atoms with E-state index in [0.717, 1.165) is 80.9 Å².